The molecule has 0 rings (SSSR count). The van der Waals surface area contributed by atoms with E-state index in [4.69, 9.17) is 9.84 Å². The van der Waals surface area contributed by atoms with Gasteiger partial charge in [0, 0.05) is 13.2 Å². The van der Waals surface area contributed by atoms with E-state index in [2.05, 4.69) is 6.92 Å². The molecular formula is C10H22O3. The maximum absolute atomic E-state index is 9.37. The molecule has 0 radical (unpaired) electrons. The van der Waals surface area contributed by atoms with Gasteiger partial charge in [-0.2, -0.15) is 0 Å². The van der Waals surface area contributed by atoms with Crippen molar-refractivity contribution >= 4 is 0 Å². The van der Waals surface area contributed by atoms with Crippen LogP contribution in [-0.2, 0) is 4.74 Å². The Morgan fingerprint density at radius 1 is 1.23 bits per heavy atom. The van der Waals surface area contributed by atoms with E-state index < -0.39 is 0 Å². The largest absolute Gasteiger partial charge is 0.396 e. The monoisotopic (exact) mass is 190 g/mol. The summed E-state index contributed by atoms with van der Waals surface area (Å²) < 4.78 is 5.25. The molecule has 0 aromatic rings. The first-order valence-corrected chi connectivity index (χ1v) is 5.18. The summed E-state index contributed by atoms with van der Waals surface area (Å²) in [6.07, 6.45) is 4.20. The molecule has 0 aliphatic carbocycles. The number of rotatable bonds is 9. The van der Waals surface area contributed by atoms with Crippen molar-refractivity contribution in [1.29, 1.82) is 0 Å². The summed E-state index contributed by atoms with van der Waals surface area (Å²) in [5.74, 6) is 0. The SMILES string of the molecule is CCCCOCC(O)CCCCO. The molecule has 0 aliphatic heterocycles. The van der Waals surface area contributed by atoms with E-state index in [1.165, 1.54) is 0 Å². The molecule has 0 aliphatic rings. The van der Waals surface area contributed by atoms with Gasteiger partial charge in [0.05, 0.1) is 12.7 Å². The Balaban J connectivity index is 3.05. The Labute approximate surface area is 80.7 Å². The highest BCUT2D eigenvalue weighted by molar-refractivity contribution is 4.53. The summed E-state index contributed by atoms with van der Waals surface area (Å²) in [5, 5.41) is 17.9. The summed E-state index contributed by atoms with van der Waals surface area (Å²) in [7, 11) is 0. The van der Waals surface area contributed by atoms with Crippen LogP contribution in [0.2, 0.25) is 0 Å². The first kappa shape index (κ1) is 12.9. The summed E-state index contributed by atoms with van der Waals surface area (Å²) in [4.78, 5) is 0. The highest BCUT2D eigenvalue weighted by Crippen LogP contribution is 2.01. The lowest BCUT2D eigenvalue weighted by Crippen LogP contribution is -2.15. The highest BCUT2D eigenvalue weighted by atomic mass is 16.5. The second kappa shape index (κ2) is 9.96. The van der Waals surface area contributed by atoms with Gasteiger partial charge in [0.1, 0.15) is 0 Å². The van der Waals surface area contributed by atoms with Gasteiger partial charge in [-0.3, -0.25) is 0 Å². The average molecular weight is 190 g/mol. The highest BCUT2D eigenvalue weighted by Gasteiger charge is 2.02. The van der Waals surface area contributed by atoms with Crippen LogP contribution >= 0.6 is 0 Å². The van der Waals surface area contributed by atoms with Gasteiger partial charge >= 0.3 is 0 Å². The zero-order valence-electron chi connectivity index (χ0n) is 8.54. The van der Waals surface area contributed by atoms with Crippen LogP contribution in [0.15, 0.2) is 0 Å². The van der Waals surface area contributed by atoms with Crippen molar-refractivity contribution in [3.63, 3.8) is 0 Å². The van der Waals surface area contributed by atoms with Crippen molar-refractivity contribution in [1.82, 2.24) is 0 Å². The van der Waals surface area contributed by atoms with E-state index in [1.54, 1.807) is 0 Å². The fourth-order valence-corrected chi connectivity index (χ4v) is 1.04. The van der Waals surface area contributed by atoms with E-state index in [0.717, 1.165) is 38.7 Å². The number of aliphatic hydroxyl groups excluding tert-OH is 2. The number of hydrogen-bond acceptors (Lipinski definition) is 3. The van der Waals surface area contributed by atoms with Crippen molar-refractivity contribution in [3.05, 3.63) is 0 Å². The van der Waals surface area contributed by atoms with Crippen LogP contribution in [0.4, 0.5) is 0 Å². The maximum atomic E-state index is 9.37. The quantitative estimate of drug-likeness (QED) is 0.539. The van der Waals surface area contributed by atoms with Crippen molar-refractivity contribution < 1.29 is 14.9 Å². The Morgan fingerprint density at radius 3 is 2.62 bits per heavy atom. The van der Waals surface area contributed by atoms with Gasteiger partial charge in [-0.15, -0.1) is 0 Å². The fraction of sp³-hybridized carbons (Fsp3) is 1.00. The Hall–Kier alpha value is -0.120. The smallest absolute Gasteiger partial charge is 0.0773 e. The third kappa shape index (κ3) is 9.80. The van der Waals surface area contributed by atoms with Crippen LogP contribution in [0.25, 0.3) is 0 Å². The second-order valence-electron chi connectivity index (χ2n) is 3.30. The Bertz CT molecular complexity index is 96.2. The molecule has 0 aromatic heterocycles. The third-order valence-corrected chi connectivity index (χ3v) is 1.90. The lowest BCUT2D eigenvalue weighted by molar-refractivity contribution is 0.0297. The normalized spacial score (nSPS) is 13.2. The predicted octanol–water partition coefficient (Wildman–Crippen LogP) is 1.33. The van der Waals surface area contributed by atoms with Gasteiger partial charge in [-0.1, -0.05) is 13.3 Å². The molecule has 0 saturated heterocycles. The van der Waals surface area contributed by atoms with Gasteiger partial charge in [0.25, 0.3) is 0 Å². The van der Waals surface area contributed by atoms with E-state index in [0.29, 0.717) is 6.61 Å². The van der Waals surface area contributed by atoms with Crippen molar-refractivity contribution in [3.8, 4) is 0 Å². The maximum Gasteiger partial charge on any atom is 0.0773 e. The fourth-order valence-electron chi connectivity index (χ4n) is 1.04. The molecule has 13 heavy (non-hydrogen) atoms. The molecule has 0 heterocycles. The summed E-state index contributed by atoms with van der Waals surface area (Å²) in [5.41, 5.74) is 0. The standard InChI is InChI=1S/C10H22O3/c1-2-3-8-13-9-10(12)6-4-5-7-11/h10-12H,2-9H2,1H3. The van der Waals surface area contributed by atoms with Gasteiger partial charge in [0.2, 0.25) is 0 Å². The molecule has 1 unspecified atom stereocenters. The van der Waals surface area contributed by atoms with Crippen LogP contribution in [0.5, 0.6) is 0 Å². The lowest BCUT2D eigenvalue weighted by atomic mass is 10.2. The molecule has 2 N–H and O–H groups in total. The number of ether oxygens (including phenoxy) is 1. The molecule has 80 valence electrons. The Morgan fingerprint density at radius 2 is 2.00 bits per heavy atom. The topological polar surface area (TPSA) is 49.7 Å². The summed E-state index contributed by atoms with van der Waals surface area (Å²) in [6, 6.07) is 0. The van der Waals surface area contributed by atoms with Gasteiger partial charge in [-0.25, -0.2) is 0 Å². The minimum Gasteiger partial charge on any atom is -0.396 e. The van der Waals surface area contributed by atoms with Gasteiger partial charge < -0.3 is 14.9 Å². The minimum atomic E-state index is -0.358. The zero-order chi connectivity index (χ0) is 9.94. The van der Waals surface area contributed by atoms with E-state index in [-0.39, 0.29) is 12.7 Å². The second-order valence-corrected chi connectivity index (χ2v) is 3.30. The van der Waals surface area contributed by atoms with E-state index in [1.807, 2.05) is 0 Å². The molecule has 0 fully saturated rings. The third-order valence-electron chi connectivity index (χ3n) is 1.90. The van der Waals surface area contributed by atoms with Gasteiger partial charge in [-0.05, 0) is 25.7 Å². The molecule has 0 amide bonds. The van der Waals surface area contributed by atoms with Crippen LogP contribution in [0, 0.1) is 0 Å². The van der Waals surface area contributed by atoms with Crippen LogP contribution in [0.1, 0.15) is 39.0 Å². The molecule has 0 bridgehead atoms. The van der Waals surface area contributed by atoms with Crippen molar-refractivity contribution in [2.75, 3.05) is 19.8 Å². The molecule has 3 heteroatoms. The zero-order valence-corrected chi connectivity index (χ0v) is 8.54. The summed E-state index contributed by atoms with van der Waals surface area (Å²) >= 11 is 0. The average Bonchev–Trinajstić information content (AvgIpc) is 2.13. The molecule has 3 nitrogen and oxygen atoms in total. The first-order valence-electron chi connectivity index (χ1n) is 5.18. The lowest BCUT2D eigenvalue weighted by Gasteiger charge is -2.10. The van der Waals surface area contributed by atoms with Crippen LogP contribution in [-0.4, -0.2) is 36.1 Å². The number of aliphatic hydroxyl groups is 2. The first-order chi connectivity index (χ1) is 6.31. The molecule has 1 atom stereocenters. The number of hydrogen-bond donors (Lipinski definition) is 2. The minimum absolute atomic E-state index is 0.212. The van der Waals surface area contributed by atoms with Crippen LogP contribution in [0.3, 0.4) is 0 Å². The molecule has 0 saturated carbocycles. The summed E-state index contributed by atoms with van der Waals surface area (Å²) in [6.45, 7) is 3.50. The molecule has 0 spiro atoms. The molecular weight excluding hydrogens is 168 g/mol. The number of unbranched alkanes of at least 4 members (excludes halogenated alkanes) is 2. The van der Waals surface area contributed by atoms with E-state index in [9.17, 15) is 5.11 Å². The predicted molar refractivity (Wildman–Crippen MR) is 52.7 cm³/mol. The van der Waals surface area contributed by atoms with Crippen molar-refractivity contribution in [2.45, 2.75) is 45.1 Å². The van der Waals surface area contributed by atoms with E-state index >= 15 is 0 Å². The van der Waals surface area contributed by atoms with Gasteiger partial charge in [0.15, 0.2) is 0 Å². The van der Waals surface area contributed by atoms with Crippen LogP contribution < -0.4 is 0 Å². The van der Waals surface area contributed by atoms with Crippen molar-refractivity contribution in [2.24, 2.45) is 0 Å². The molecule has 0 aromatic carbocycles. The Kier molecular flexibility index (Phi) is 9.87.